The van der Waals surface area contributed by atoms with Crippen LogP contribution in [0.5, 0.6) is 0 Å². The molecule has 0 spiro atoms. The number of benzene rings is 2. The van der Waals surface area contributed by atoms with Crippen molar-refractivity contribution in [2.75, 3.05) is 18.4 Å². The van der Waals surface area contributed by atoms with Crippen LogP contribution in [0.25, 0.3) is 11.4 Å². The van der Waals surface area contributed by atoms with Crippen molar-refractivity contribution in [1.29, 1.82) is 0 Å². The summed E-state index contributed by atoms with van der Waals surface area (Å²) in [5.74, 6) is 0.399. The SMILES string of the molecule is CCN(CC)S(=O)(=O)c1cc(C(=O)Nc2ccc(-c3nnc4n3CCCCCC4)cc2)ccc1F. The standard InChI is InChI=1S/C25H30FN5O3S/c1-3-30(4-2)35(33,34)22-17-19(12-15-21(22)26)25(32)27-20-13-10-18(11-14-20)24-29-28-23-9-7-5-6-8-16-31(23)24/h10-15,17H,3-9,16H2,1-2H3,(H,27,32). The van der Waals surface area contributed by atoms with Crippen LogP contribution in [0.1, 0.15) is 55.7 Å². The maximum Gasteiger partial charge on any atom is 0.255 e. The number of halogens is 1. The average molecular weight is 500 g/mol. The Morgan fingerprint density at radius 1 is 1.03 bits per heavy atom. The molecule has 8 nitrogen and oxygen atoms in total. The van der Waals surface area contributed by atoms with Crippen molar-refractivity contribution in [3.63, 3.8) is 0 Å². The molecule has 1 aliphatic heterocycles. The predicted octanol–water partition coefficient (Wildman–Crippen LogP) is 4.48. The van der Waals surface area contributed by atoms with E-state index in [2.05, 4.69) is 20.1 Å². The van der Waals surface area contributed by atoms with Crippen LogP contribution in [0.2, 0.25) is 0 Å². The van der Waals surface area contributed by atoms with E-state index >= 15 is 0 Å². The lowest BCUT2D eigenvalue weighted by atomic mass is 10.1. The van der Waals surface area contributed by atoms with Crippen molar-refractivity contribution in [3.8, 4) is 11.4 Å². The summed E-state index contributed by atoms with van der Waals surface area (Å²) in [6.45, 7) is 4.65. The van der Waals surface area contributed by atoms with Gasteiger partial charge in [0.25, 0.3) is 5.91 Å². The van der Waals surface area contributed by atoms with Gasteiger partial charge in [-0.25, -0.2) is 12.8 Å². The van der Waals surface area contributed by atoms with Gasteiger partial charge >= 0.3 is 0 Å². The van der Waals surface area contributed by atoms with E-state index in [1.54, 1.807) is 26.0 Å². The Hall–Kier alpha value is -3.11. The smallest absolute Gasteiger partial charge is 0.255 e. The number of hydrogen-bond acceptors (Lipinski definition) is 5. The van der Waals surface area contributed by atoms with Gasteiger partial charge in [0.2, 0.25) is 10.0 Å². The Morgan fingerprint density at radius 2 is 1.74 bits per heavy atom. The molecule has 0 fully saturated rings. The minimum absolute atomic E-state index is 0.0556. The third kappa shape index (κ3) is 5.28. The first kappa shape index (κ1) is 25.0. The van der Waals surface area contributed by atoms with Gasteiger partial charge in [-0.1, -0.05) is 26.7 Å². The summed E-state index contributed by atoms with van der Waals surface area (Å²) < 4.78 is 43.3. The van der Waals surface area contributed by atoms with Crippen molar-refractivity contribution in [2.24, 2.45) is 0 Å². The summed E-state index contributed by atoms with van der Waals surface area (Å²) in [5, 5.41) is 11.5. The highest BCUT2D eigenvalue weighted by molar-refractivity contribution is 7.89. The van der Waals surface area contributed by atoms with Crippen LogP contribution in [-0.4, -0.2) is 46.5 Å². The zero-order valence-corrected chi connectivity index (χ0v) is 20.8. The number of carbonyl (C=O) groups is 1. The quantitative estimate of drug-likeness (QED) is 0.517. The molecule has 0 atom stereocenters. The van der Waals surface area contributed by atoms with Gasteiger partial charge in [-0.15, -0.1) is 10.2 Å². The fourth-order valence-electron chi connectivity index (χ4n) is 4.33. The first-order chi connectivity index (χ1) is 16.8. The monoisotopic (exact) mass is 499 g/mol. The molecular weight excluding hydrogens is 469 g/mol. The zero-order valence-electron chi connectivity index (χ0n) is 20.0. The van der Waals surface area contributed by atoms with E-state index in [9.17, 15) is 17.6 Å². The number of aromatic nitrogens is 3. The van der Waals surface area contributed by atoms with Crippen molar-refractivity contribution in [2.45, 2.75) is 57.4 Å². The fraction of sp³-hybridized carbons (Fsp3) is 0.400. The second-order valence-electron chi connectivity index (χ2n) is 8.52. The van der Waals surface area contributed by atoms with Gasteiger partial charge in [-0.05, 0) is 55.3 Å². The Bertz CT molecular complexity index is 1300. The van der Waals surface area contributed by atoms with Gasteiger partial charge < -0.3 is 9.88 Å². The summed E-state index contributed by atoms with van der Waals surface area (Å²) >= 11 is 0. The van der Waals surface area contributed by atoms with Crippen LogP contribution in [0.3, 0.4) is 0 Å². The number of sulfonamides is 1. The van der Waals surface area contributed by atoms with E-state index in [-0.39, 0.29) is 18.7 Å². The molecular formula is C25H30FN5O3S. The molecule has 2 heterocycles. The molecule has 0 radical (unpaired) electrons. The topological polar surface area (TPSA) is 97.2 Å². The van der Waals surface area contributed by atoms with E-state index < -0.39 is 26.6 Å². The molecule has 1 amide bonds. The second-order valence-corrected chi connectivity index (χ2v) is 10.4. The highest BCUT2D eigenvalue weighted by Crippen LogP contribution is 2.25. The zero-order chi connectivity index (χ0) is 25.0. The number of fused-ring (bicyclic) bond motifs is 1. The normalized spacial score (nSPS) is 14.3. The lowest BCUT2D eigenvalue weighted by Crippen LogP contribution is -2.31. The van der Waals surface area contributed by atoms with Crippen LogP contribution in [-0.2, 0) is 23.0 Å². The fourth-order valence-corrected chi connectivity index (χ4v) is 5.87. The molecule has 2 aromatic carbocycles. The summed E-state index contributed by atoms with van der Waals surface area (Å²) in [7, 11) is -4.04. The Balaban J connectivity index is 1.53. The number of rotatable bonds is 7. The molecule has 0 unspecified atom stereocenters. The van der Waals surface area contributed by atoms with E-state index in [1.165, 1.54) is 18.9 Å². The molecule has 3 aromatic rings. The number of aryl methyl sites for hydroxylation is 1. The number of anilines is 1. The number of carbonyl (C=O) groups excluding carboxylic acids is 1. The lowest BCUT2D eigenvalue weighted by Gasteiger charge is -2.19. The van der Waals surface area contributed by atoms with Gasteiger partial charge in [0.1, 0.15) is 16.5 Å². The molecule has 35 heavy (non-hydrogen) atoms. The Morgan fingerprint density at radius 3 is 2.46 bits per heavy atom. The minimum Gasteiger partial charge on any atom is -0.322 e. The first-order valence-electron chi connectivity index (χ1n) is 12.0. The van der Waals surface area contributed by atoms with E-state index in [0.717, 1.165) is 59.5 Å². The van der Waals surface area contributed by atoms with Gasteiger partial charge in [0, 0.05) is 42.9 Å². The van der Waals surface area contributed by atoms with E-state index in [4.69, 9.17) is 0 Å². The molecule has 0 saturated carbocycles. The number of nitrogens with one attached hydrogen (secondary N) is 1. The summed E-state index contributed by atoms with van der Waals surface area (Å²) in [6.07, 6.45) is 5.54. The first-order valence-corrected chi connectivity index (χ1v) is 13.4. The summed E-state index contributed by atoms with van der Waals surface area (Å²) in [5.41, 5.74) is 1.49. The second kappa shape index (κ2) is 10.7. The Labute approximate surface area is 205 Å². The van der Waals surface area contributed by atoms with Crippen molar-refractivity contribution in [3.05, 3.63) is 59.7 Å². The Kier molecular flexibility index (Phi) is 7.61. The maximum absolute atomic E-state index is 14.4. The minimum atomic E-state index is -4.04. The van der Waals surface area contributed by atoms with E-state index in [0.29, 0.717) is 5.69 Å². The number of amides is 1. The third-order valence-electron chi connectivity index (χ3n) is 6.28. The highest BCUT2D eigenvalue weighted by Gasteiger charge is 2.26. The highest BCUT2D eigenvalue weighted by atomic mass is 32.2. The van der Waals surface area contributed by atoms with Crippen LogP contribution < -0.4 is 5.32 Å². The van der Waals surface area contributed by atoms with Crippen molar-refractivity contribution in [1.82, 2.24) is 19.1 Å². The molecule has 1 aromatic heterocycles. The largest absolute Gasteiger partial charge is 0.322 e. The predicted molar refractivity (Wildman–Crippen MR) is 132 cm³/mol. The van der Waals surface area contributed by atoms with Gasteiger partial charge in [-0.2, -0.15) is 4.31 Å². The van der Waals surface area contributed by atoms with Gasteiger partial charge in [-0.3, -0.25) is 4.79 Å². The van der Waals surface area contributed by atoms with Crippen LogP contribution in [0.15, 0.2) is 47.4 Å². The molecule has 0 aliphatic carbocycles. The molecule has 186 valence electrons. The van der Waals surface area contributed by atoms with Crippen LogP contribution in [0.4, 0.5) is 10.1 Å². The molecule has 0 saturated heterocycles. The molecule has 4 rings (SSSR count). The van der Waals surface area contributed by atoms with Gasteiger partial charge in [0.05, 0.1) is 0 Å². The number of hydrogen-bond donors (Lipinski definition) is 1. The summed E-state index contributed by atoms with van der Waals surface area (Å²) in [6, 6.07) is 10.6. The number of nitrogens with zero attached hydrogens (tertiary/aromatic N) is 4. The molecule has 1 aliphatic rings. The molecule has 10 heteroatoms. The van der Waals surface area contributed by atoms with E-state index in [1.807, 2.05) is 12.1 Å². The molecule has 1 N–H and O–H groups in total. The molecule has 0 bridgehead atoms. The van der Waals surface area contributed by atoms with Crippen molar-refractivity contribution >= 4 is 21.6 Å². The summed E-state index contributed by atoms with van der Waals surface area (Å²) in [4.78, 5) is 12.3. The van der Waals surface area contributed by atoms with Crippen molar-refractivity contribution < 1.29 is 17.6 Å². The van der Waals surface area contributed by atoms with Gasteiger partial charge in [0.15, 0.2) is 5.82 Å². The lowest BCUT2D eigenvalue weighted by molar-refractivity contribution is 0.102. The third-order valence-corrected chi connectivity index (χ3v) is 8.34. The van der Waals surface area contributed by atoms with Crippen LogP contribution >= 0.6 is 0 Å². The van der Waals surface area contributed by atoms with Crippen LogP contribution in [0, 0.1) is 5.82 Å². The maximum atomic E-state index is 14.4. The average Bonchev–Trinajstić information content (AvgIpc) is 3.21.